The fraction of sp³-hybridized carbons (Fsp3) is 0.267. The Morgan fingerprint density at radius 1 is 1.20 bits per heavy atom. The summed E-state index contributed by atoms with van der Waals surface area (Å²) in [5.41, 5.74) is 2.55. The zero-order valence-corrected chi connectivity index (χ0v) is 11.6. The van der Waals surface area contributed by atoms with Gasteiger partial charge in [-0.15, -0.1) is 0 Å². The van der Waals surface area contributed by atoms with E-state index in [1.165, 1.54) is 0 Å². The average molecular weight is 267 g/mol. The molecule has 0 aliphatic heterocycles. The van der Waals surface area contributed by atoms with Crippen molar-refractivity contribution in [2.75, 3.05) is 5.32 Å². The molecule has 0 aliphatic carbocycles. The molecule has 1 unspecified atom stereocenters. The number of aromatic nitrogens is 4. The predicted molar refractivity (Wildman–Crippen MR) is 80.0 cm³/mol. The smallest absolute Gasteiger partial charge is 0.181 e. The van der Waals surface area contributed by atoms with Crippen LogP contribution in [0, 0.1) is 0 Å². The molecule has 0 saturated carbocycles. The molecule has 0 spiro atoms. The van der Waals surface area contributed by atoms with Crippen LogP contribution in [0.25, 0.3) is 16.9 Å². The van der Waals surface area contributed by atoms with Gasteiger partial charge >= 0.3 is 0 Å². The van der Waals surface area contributed by atoms with Crippen molar-refractivity contribution in [1.82, 2.24) is 19.7 Å². The summed E-state index contributed by atoms with van der Waals surface area (Å²) in [4.78, 5) is 9.03. The van der Waals surface area contributed by atoms with Crippen LogP contribution in [0.5, 0.6) is 0 Å². The highest BCUT2D eigenvalue weighted by molar-refractivity contribution is 5.73. The largest absolute Gasteiger partial charge is 0.366 e. The second-order valence-electron chi connectivity index (χ2n) is 4.81. The SMILES string of the molecule is CCC(C)Nc1cnc2c(cnn2-c2ccccc2)n1. The van der Waals surface area contributed by atoms with Gasteiger partial charge in [0, 0.05) is 6.04 Å². The molecule has 0 radical (unpaired) electrons. The van der Waals surface area contributed by atoms with Crippen molar-refractivity contribution in [3.8, 4) is 5.69 Å². The molecule has 3 aromatic rings. The summed E-state index contributed by atoms with van der Waals surface area (Å²) in [6.45, 7) is 4.26. The van der Waals surface area contributed by atoms with Crippen molar-refractivity contribution < 1.29 is 0 Å². The summed E-state index contributed by atoms with van der Waals surface area (Å²) >= 11 is 0. The molecule has 0 amide bonds. The zero-order chi connectivity index (χ0) is 13.9. The van der Waals surface area contributed by atoms with E-state index in [1.807, 2.05) is 30.3 Å². The van der Waals surface area contributed by atoms with E-state index in [1.54, 1.807) is 17.1 Å². The zero-order valence-electron chi connectivity index (χ0n) is 11.6. The number of nitrogens with zero attached hydrogens (tertiary/aromatic N) is 4. The average Bonchev–Trinajstić information content (AvgIpc) is 2.91. The Bertz CT molecular complexity index is 705. The van der Waals surface area contributed by atoms with Crippen molar-refractivity contribution in [3.63, 3.8) is 0 Å². The van der Waals surface area contributed by atoms with E-state index < -0.39 is 0 Å². The van der Waals surface area contributed by atoms with Gasteiger partial charge in [-0.3, -0.25) is 0 Å². The van der Waals surface area contributed by atoms with Gasteiger partial charge in [-0.25, -0.2) is 14.6 Å². The van der Waals surface area contributed by atoms with Gasteiger partial charge < -0.3 is 5.32 Å². The van der Waals surface area contributed by atoms with E-state index in [0.29, 0.717) is 6.04 Å². The van der Waals surface area contributed by atoms with Crippen molar-refractivity contribution >= 4 is 17.0 Å². The Labute approximate surface area is 117 Å². The molecular weight excluding hydrogens is 250 g/mol. The first kappa shape index (κ1) is 12.6. The van der Waals surface area contributed by atoms with Gasteiger partial charge in [0.25, 0.3) is 0 Å². The van der Waals surface area contributed by atoms with Crippen LogP contribution in [0.3, 0.4) is 0 Å². The number of anilines is 1. The van der Waals surface area contributed by atoms with Crippen LogP contribution in [0.1, 0.15) is 20.3 Å². The number of hydrogen-bond donors (Lipinski definition) is 1. The minimum Gasteiger partial charge on any atom is -0.366 e. The van der Waals surface area contributed by atoms with Gasteiger partial charge in [-0.05, 0) is 25.5 Å². The first-order valence-electron chi connectivity index (χ1n) is 6.80. The Kier molecular flexibility index (Phi) is 3.33. The lowest BCUT2D eigenvalue weighted by atomic mass is 10.3. The normalized spacial score (nSPS) is 12.5. The monoisotopic (exact) mass is 267 g/mol. The quantitative estimate of drug-likeness (QED) is 0.789. The first-order chi connectivity index (χ1) is 9.78. The Balaban J connectivity index is 1.98. The number of nitrogens with one attached hydrogen (secondary N) is 1. The molecule has 102 valence electrons. The van der Waals surface area contributed by atoms with Crippen molar-refractivity contribution in [2.24, 2.45) is 0 Å². The first-order valence-corrected chi connectivity index (χ1v) is 6.80. The summed E-state index contributed by atoms with van der Waals surface area (Å²) in [5.74, 6) is 0.791. The second kappa shape index (κ2) is 5.28. The summed E-state index contributed by atoms with van der Waals surface area (Å²) in [6, 6.07) is 10.3. The number of para-hydroxylation sites is 1. The Hall–Kier alpha value is -2.43. The van der Waals surface area contributed by atoms with Crippen molar-refractivity contribution in [2.45, 2.75) is 26.3 Å². The highest BCUT2D eigenvalue weighted by Crippen LogP contribution is 2.16. The molecular formula is C15H17N5. The molecule has 5 nitrogen and oxygen atoms in total. The molecule has 0 fully saturated rings. The number of rotatable bonds is 4. The van der Waals surface area contributed by atoms with Gasteiger partial charge in [-0.1, -0.05) is 25.1 Å². The molecule has 0 saturated heterocycles. The molecule has 2 aromatic heterocycles. The fourth-order valence-electron chi connectivity index (χ4n) is 2.00. The third kappa shape index (κ3) is 2.34. The van der Waals surface area contributed by atoms with E-state index >= 15 is 0 Å². The molecule has 1 N–H and O–H groups in total. The summed E-state index contributed by atoms with van der Waals surface area (Å²) in [7, 11) is 0. The maximum atomic E-state index is 4.55. The second-order valence-corrected chi connectivity index (χ2v) is 4.81. The lowest BCUT2D eigenvalue weighted by Crippen LogP contribution is -2.14. The summed E-state index contributed by atoms with van der Waals surface area (Å²) in [5, 5.41) is 7.69. The maximum absolute atomic E-state index is 4.55. The van der Waals surface area contributed by atoms with E-state index in [4.69, 9.17) is 0 Å². The number of fused-ring (bicyclic) bond motifs is 1. The highest BCUT2D eigenvalue weighted by Gasteiger charge is 2.09. The standard InChI is InChI=1S/C15H17N5/c1-3-11(2)18-14-10-16-15-13(19-14)9-17-20(15)12-7-5-4-6-8-12/h4-11H,3H2,1-2H3,(H,18,19). The van der Waals surface area contributed by atoms with Gasteiger partial charge in [0.15, 0.2) is 5.65 Å². The van der Waals surface area contributed by atoms with Crippen LogP contribution in [-0.2, 0) is 0 Å². The van der Waals surface area contributed by atoms with Crippen molar-refractivity contribution in [1.29, 1.82) is 0 Å². The topological polar surface area (TPSA) is 55.6 Å². The van der Waals surface area contributed by atoms with Crippen LogP contribution in [0.4, 0.5) is 5.82 Å². The van der Waals surface area contributed by atoms with Gasteiger partial charge in [0.1, 0.15) is 11.3 Å². The van der Waals surface area contributed by atoms with Gasteiger partial charge in [-0.2, -0.15) is 5.10 Å². The van der Waals surface area contributed by atoms with E-state index in [0.717, 1.165) is 29.1 Å². The van der Waals surface area contributed by atoms with E-state index in [2.05, 4.69) is 34.2 Å². The minimum atomic E-state index is 0.380. The van der Waals surface area contributed by atoms with Crippen LogP contribution in [0.15, 0.2) is 42.7 Å². The summed E-state index contributed by atoms with van der Waals surface area (Å²) < 4.78 is 1.80. The molecule has 1 atom stereocenters. The van der Waals surface area contributed by atoms with Gasteiger partial charge in [0.2, 0.25) is 0 Å². The molecule has 0 aliphatic rings. The van der Waals surface area contributed by atoms with E-state index in [-0.39, 0.29) is 0 Å². The maximum Gasteiger partial charge on any atom is 0.181 e. The molecule has 1 aromatic carbocycles. The lowest BCUT2D eigenvalue weighted by molar-refractivity contribution is 0.759. The van der Waals surface area contributed by atoms with Crippen LogP contribution < -0.4 is 5.32 Å². The predicted octanol–water partition coefficient (Wildman–Crippen LogP) is 3.03. The van der Waals surface area contributed by atoms with Crippen LogP contribution >= 0.6 is 0 Å². The van der Waals surface area contributed by atoms with Crippen LogP contribution in [0.2, 0.25) is 0 Å². The summed E-state index contributed by atoms with van der Waals surface area (Å²) in [6.07, 6.45) is 4.55. The molecule has 3 rings (SSSR count). The molecule has 5 heteroatoms. The molecule has 2 heterocycles. The number of hydrogen-bond acceptors (Lipinski definition) is 4. The molecule has 0 bridgehead atoms. The minimum absolute atomic E-state index is 0.380. The third-order valence-electron chi connectivity index (χ3n) is 3.28. The Morgan fingerprint density at radius 3 is 2.75 bits per heavy atom. The fourth-order valence-corrected chi connectivity index (χ4v) is 2.00. The Morgan fingerprint density at radius 2 is 2.00 bits per heavy atom. The van der Waals surface area contributed by atoms with Gasteiger partial charge in [0.05, 0.1) is 18.1 Å². The molecule has 20 heavy (non-hydrogen) atoms. The third-order valence-corrected chi connectivity index (χ3v) is 3.28. The van der Waals surface area contributed by atoms with Crippen molar-refractivity contribution in [3.05, 3.63) is 42.7 Å². The van der Waals surface area contributed by atoms with Crippen LogP contribution in [-0.4, -0.2) is 25.8 Å². The number of benzene rings is 1. The van der Waals surface area contributed by atoms with E-state index in [9.17, 15) is 0 Å². The lowest BCUT2D eigenvalue weighted by Gasteiger charge is -2.11. The highest BCUT2D eigenvalue weighted by atomic mass is 15.3.